The topological polar surface area (TPSA) is 0 Å². The normalized spacial score (nSPS) is 21.4. The summed E-state index contributed by atoms with van der Waals surface area (Å²) in [5.41, 5.74) is 8.85. The van der Waals surface area contributed by atoms with Crippen molar-refractivity contribution < 1.29 is 0 Å². The van der Waals surface area contributed by atoms with Crippen molar-refractivity contribution >= 4 is 57.7 Å². The van der Waals surface area contributed by atoms with Gasteiger partial charge in [0.1, 0.15) is 0 Å². The fourth-order valence-electron chi connectivity index (χ4n) is 9.66. The molecule has 0 saturated heterocycles. The Bertz CT molecular complexity index is 2720. The largest absolute Gasteiger partial charge is 0.0887 e. The van der Waals surface area contributed by atoms with Gasteiger partial charge in [0, 0.05) is 11.8 Å². The Balaban J connectivity index is 1.30. The molecule has 1 heteroatoms. The molecule has 1 heterocycles. The first kappa shape index (κ1) is 29.7. The van der Waals surface area contributed by atoms with Crippen LogP contribution < -0.4 is 15.6 Å². The van der Waals surface area contributed by atoms with Crippen molar-refractivity contribution in [1.29, 1.82) is 0 Å². The third-order valence-electron chi connectivity index (χ3n) is 12.2. The van der Waals surface area contributed by atoms with E-state index < -0.39 is 8.07 Å². The zero-order valence-corrected chi connectivity index (χ0v) is 29.9. The molecular weight excluding hydrogens is 617 g/mol. The predicted octanol–water partition coefficient (Wildman–Crippen LogP) is 11.0. The van der Waals surface area contributed by atoms with Crippen LogP contribution in [-0.4, -0.2) is 8.07 Å². The summed E-state index contributed by atoms with van der Waals surface area (Å²) < 4.78 is 0. The summed E-state index contributed by atoms with van der Waals surface area (Å²) in [6.45, 7) is 7.60. The maximum absolute atomic E-state index is 2.74. The summed E-state index contributed by atoms with van der Waals surface area (Å²) in [5, 5.41) is 12.3. The van der Waals surface area contributed by atoms with Crippen molar-refractivity contribution in [1.82, 2.24) is 0 Å². The molecule has 0 nitrogen and oxygen atoms in total. The molecule has 0 amide bonds. The molecule has 0 aromatic heterocycles. The third-order valence-corrected chi connectivity index (χ3v) is 16.2. The third kappa shape index (κ3) is 4.36. The van der Waals surface area contributed by atoms with E-state index >= 15 is 0 Å². The molecule has 0 bridgehead atoms. The Hall–Kier alpha value is -5.24. The number of fused-ring (bicyclic) bond motifs is 7. The first-order valence-corrected chi connectivity index (χ1v) is 21.3. The molecule has 7 aromatic carbocycles. The second-order valence-electron chi connectivity index (χ2n) is 15.3. The van der Waals surface area contributed by atoms with Crippen LogP contribution in [0.2, 0.25) is 18.6 Å². The molecule has 2 aliphatic carbocycles. The van der Waals surface area contributed by atoms with Gasteiger partial charge in [-0.25, -0.2) is 0 Å². The van der Waals surface area contributed by atoms with E-state index in [4.69, 9.17) is 0 Å². The van der Waals surface area contributed by atoms with Crippen molar-refractivity contribution in [3.8, 4) is 22.3 Å². The van der Waals surface area contributed by atoms with Gasteiger partial charge in [0.15, 0.2) is 0 Å². The van der Waals surface area contributed by atoms with Gasteiger partial charge in [-0.05, 0) is 93.7 Å². The van der Waals surface area contributed by atoms with Gasteiger partial charge in [0.2, 0.25) is 0 Å². The van der Waals surface area contributed by atoms with Crippen LogP contribution in [0.25, 0.3) is 66.7 Å². The molecule has 240 valence electrons. The van der Waals surface area contributed by atoms with Gasteiger partial charge in [0.05, 0.1) is 8.07 Å². The minimum absolute atomic E-state index is 0.369. The Labute approximate surface area is 295 Å². The molecule has 0 fully saturated rings. The first-order valence-electron chi connectivity index (χ1n) is 18.2. The molecule has 50 heavy (non-hydrogen) atoms. The number of hydrogen-bond acceptors (Lipinski definition) is 0. The SMILES string of the molecule is CC1C=CC=CC1c1ccc2c(c1)[Si](C)(C)C1C=c3c(-c4cccc5ccccc45)c4ccccc4c(-c4ccc5ccccc5c4)c3=CC21. The molecule has 0 spiro atoms. The van der Waals surface area contributed by atoms with Crippen molar-refractivity contribution in [3.05, 3.63) is 173 Å². The Morgan fingerprint density at radius 2 is 1.20 bits per heavy atom. The highest BCUT2D eigenvalue weighted by Gasteiger charge is 2.47. The molecular formula is C49H40Si. The molecule has 0 N–H and O–H groups in total. The maximum Gasteiger partial charge on any atom is 0.0887 e. The van der Waals surface area contributed by atoms with Gasteiger partial charge < -0.3 is 0 Å². The van der Waals surface area contributed by atoms with Crippen LogP contribution >= 0.6 is 0 Å². The Kier molecular flexibility index (Phi) is 6.60. The average molecular weight is 657 g/mol. The zero-order chi connectivity index (χ0) is 33.6. The maximum atomic E-state index is 2.74. The molecule has 4 atom stereocenters. The molecule has 4 unspecified atom stereocenters. The summed E-state index contributed by atoms with van der Waals surface area (Å²) in [6, 6.07) is 48.3. The lowest BCUT2D eigenvalue weighted by molar-refractivity contribution is 0.635. The van der Waals surface area contributed by atoms with Crippen LogP contribution in [0.4, 0.5) is 0 Å². The van der Waals surface area contributed by atoms with E-state index in [9.17, 15) is 0 Å². The summed E-state index contributed by atoms with van der Waals surface area (Å²) in [4.78, 5) is 0. The molecule has 1 aliphatic heterocycles. The smallest absolute Gasteiger partial charge is 0.0808 e. The van der Waals surface area contributed by atoms with E-state index in [0.29, 0.717) is 23.3 Å². The zero-order valence-electron chi connectivity index (χ0n) is 28.9. The van der Waals surface area contributed by atoms with Crippen LogP contribution in [0.5, 0.6) is 0 Å². The van der Waals surface area contributed by atoms with E-state index in [-0.39, 0.29) is 0 Å². The second-order valence-corrected chi connectivity index (χ2v) is 20.0. The van der Waals surface area contributed by atoms with Crippen molar-refractivity contribution in [2.24, 2.45) is 5.92 Å². The quantitative estimate of drug-likeness (QED) is 0.166. The average Bonchev–Trinajstić information content (AvgIpc) is 3.37. The van der Waals surface area contributed by atoms with Gasteiger partial charge in [-0.2, -0.15) is 0 Å². The van der Waals surface area contributed by atoms with Crippen LogP contribution in [0, 0.1) is 5.92 Å². The van der Waals surface area contributed by atoms with Crippen LogP contribution in [-0.2, 0) is 0 Å². The van der Waals surface area contributed by atoms with E-state index in [2.05, 4.69) is 184 Å². The molecule has 0 saturated carbocycles. The van der Waals surface area contributed by atoms with Gasteiger partial charge >= 0.3 is 0 Å². The van der Waals surface area contributed by atoms with Crippen molar-refractivity contribution in [2.75, 3.05) is 0 Å². The minimum Gasteiger partial charge on any atom is -0.0808 e. The molecule has 10 rings (SSSR count). The highest BCUT2D eigenvalue weighted by atomic mass is 28.3. The van der Waals surface area contributed by atoms with Crippen molar-refractivity contribution in [2.45, 2.75) is 37.4 Å². The van der Waals surface area contributed by atoms with Gasteiger partial charge in [-0.15, -0.1) is 0 Å². The fraction of sp³-hybridized carbons (Fsp3) is 0.143. The Morgan fingerprint density at radius 3 is 2.02 bits per heavy atom. The van der Waals surface area contributed by atoms with Crippen molar-refractivity contribution in [3.63, 3.8) is 0 Å². The Morgan fingerprint density at radius 1 is 0.520 bits per heavy atom. The summed E-state index contributed by atoms with van der Waals surface area (Å²) in [7, 11) is -1.92. The first-order chi connectivity index (χ1) is 24.5. The van der Waals surface area contributed by atoms with E-state index in [1.807, 2.05) is 0 Å². The predicted molar refractivity (Wildman–Crippen MR) is 218 cm³/mol. The number of rotatable bonds is 3. The molecule has 0 radical (unpaired) electrons. The summed E-state index contributed by atoms with van der Waals surface area (Å²) >= 11 is 0. The van der Waals surface area contributed by atoms with Gasteiger partial charge in [-0.3, -0.25) is 0 Å². The summed E-state index contributed by atoms with van der Waals surface area (Å²) in [5.74, 6) is 1.31. The van der Waals surface area contributed by atoms with Gasteiger partial charge in [0.25, 0.3) is 0 Å². The lowest BCUT2D eigenvalue weighted by Crippen LogP contribution is -2.44. The summed E-state index contributed by atoms with van der Waals surface area (Å²) in [6.07, 6.45) is 14.6. The standard InChI is InChI=1S/C49H40Si/c1-31-13-4-8-18-37(31)35-25-26-39-43-29-44-45(30-47(43)50(2,3)46(39)28-35)49(40-22-12-17-33-15-7-9-19-38(33)40)42-21-11-10-20-41(42)48(44)36-24-23-32-14-5-6-16-34(32)27-36/h4-31,37,43,47H,1-3H3. The van der Waals surface area contributed by atoms with E-state index in [1.54, 1.807) is 10.8 Å². The van der Waals surface area contributed by atoms with E-state index in [1.165, 1.54) is 70.6 Å². The monoisotopic (exact) mass is 656 g/mol. The number of allylic oxidation sites excluding steroid dienone is 4. The molecule has 3 aliphatic rings. The lowest BCUT2D eigenvalue weighted by atomic mass is 9.80. The fourth-order valence-corrected chi connectivity index (χ4v) is 13.3. The highest BCUT2D eigenvalue weighted by Crippen LogP contribution is 2.48. The van der Waals surface area contributed by atoms with E-state index in [0.717, 1.165) is 0 Å². The van der Waals surface area contributed by atoms with Gasteiger partial charge in [-0.1, -0.05) is 183 Å². The van der Waals surface area contributed by atoms with Crippen LogP contribution in [0.15, 0.2) is 152 Å². The minimum atomic E-state index is -1.92. The molecule has 7 aromatic rings. The lowest BCUT2D eigenvalue weighted by Gasteiger charge is -2.30. The number of benzene rings is 7. The highest BCUT2D eigenvalue weighted by molar-refractivity contribution is 6.93. The van der Waals surface area contributed by atoms with Crippen LogP contribution in [0.1, 0.15) is 29.9 Å². The second kappa shape index (κ2) is 11.1. The van der Waals surface area contributed by atoms with Crippen LogP contribution in [0.3, 0.4) is 0 Å². The number of hydrogen-bond donors (Lipinski definition) is 0.